The molecule has 4 amide bonds. The Balaban J connectivity index is 1.41. The quantitative estimate of drug-likeness (QED) is 0.765. The van der Waals surface area contributed by atoms with Gasteiger partial charge in [-0.3, -0.25) is 24.1 Å². The van der Waals surface area contributed by atoms with Crippen LogP contribution in [0.3, 0.4) is 0 Å². The largest absolute Gasteiger partial charge is 0.497 e. The first-order valence-electron chi connectivity index (χ1n) is 9.73. The lowest BCUT2D eigenvalue weighted by atomic mass is 9.90. The van der Waals surface area contributed by atoms with Crippen molar-refractivity contribution < 1.29 is 28.7 Å². The zero-order chi connectivity index (χ0) is 21.5. The van der Waals surface area contributed by atoms with Crippen molar-refractivity contribution in [3.63, 3.8) is 0 Å². The SMILES string of the molecule is COc1ccc2c(c1)C(=O)NCC1(CCN(C(=O)C[C@@H]3SC(=O)N(C)C3=O)CC1)O2. The number of amides is 4. The van der Waals surface area contributed by atoms with Crippen molar-refractivity contribution in [3.05, 3.63) is 23.8 Å². The molecular weight excluding hydrogens is 410 g/mol. The maximum Gasteiger partial charge on any atom is 0.288 e. The highest BCUT2D eigenvalue weighted by molar-refractivity contribution is 8.15. The van der Waals surface area contributed by atoms with E-state index >= 15 is 0 Å². The van der Waals surface area contributed by atoms with E-state index in [1.54, 1.807) is 23.1 Å². The third kappa shape index (κ3) is 3.71. The summed E-state index contributed by atoms with van der Waals surface area (Å²) in [5.41, 5.74) is -0.171. The van der Waals surface area contributed by atoms with Crippen LogP contribution < -0.4 is 14.8 Å². The van der Waals surface area contributed by atoms with Gasteiger partial charge in [-0.25, -0.2) is 0 Å². The van der Waals surface area contributed by atoms with Gasteiger partial charge in [0.25, 0.3) is 11.1 Å². The number of likely N-dealkylation sites (tertiary alicyclic amines) is 1. The molecule has 0 saturated carbocycles. The number of carbonyl (C=O) groups excluding carboxylic acids is 4. The zero-order valence-corrected chi connectivity index (χ0v) is 17.6. The summed E-state index contributed by atoms with van der Waals surface area (Å²) in [5, 5.41) is 1.94. The van der Waals surface area contributed by atoms with E-state index in [1.165, 1.54) is 14.2 Å². The Kier molecular flexibility index (Phi) is 5.35. The molecular formula is C20H23N3O6S. The van der Waals surface area contributed by atoms with Gasteiger partial charge in [0.05, 0.1) is 19.2 Å². The summed E-state index contributed by atoms with van der Waals surface area (Å²) < 4.78 is 11.5. The van der Waals surface area contributed by atoms with Crippen LogP contribution in [0.25, 0.3) is 0 Å². The standard InChI is InChI=1S/C20H23N3O6S/c1-22-18(26)15(30-19(22)27)10-16(24)23-7-5-20(6-8-23)11-21-17(25)13-9-12(28-2)3-4-14(13)29-20/h3-4,9,15H,5-8,10-11H2,1-2H3,(H,21,25)/t15-/m0/s1. The number of fused-ring (bicyclic) bond motifs is 1. The number of imide groups is 1. The number of ether oxygens (including phenoxy) is 2. The Hall–Kier alpha value is -2.75. The van der Waals surface area contributed by atoms with Crippen molar-refractivity contribution in [2.24, 2.45) is 0 Å². The summed E-state index contributed by atoms with van der Waals surface area (Å²) in [6.45, 7) is 1.26. The van der Waals surface area contributed by atoms with Crippen molar-refractivity contribution >= 4 is 34.7 Å². The van der Waals surface area contributed by atoms with Gasteiger partial charge in [0.2, 0.25) is 11.8 Å². The number of nitrogens with one attached hydrogen (secondary N) is 1. The van der Waals surface area contributed by atoms with Gasteiger partial charge >= 0.3 is 0 Å². The molecule has 1 spiro atoms. The minimum Gasteiger partial charge on any atom is -0.497 e. The number of carbonyl (C=O) groups is 4. The Bertz CT molecular complexity index is 912. The molecule has 0 aromatic heterocycles. The van der Waals surface area contributed by atoms with Crippen LogP contribution in [0.4, 0.5) is 4.79 Å². The molecule has 10 heteroatoms. The third-order valence-corrected chi connectivity index (χ3v) is 6.97. The summed E-state index contributed by atoms with van der Waals surface area (Å²) in [6, 6.07) is 5.13. The molecule has 3 aliphatic heterocycles. The number of benzene rings is 1. The van der Waals surface area contributed by atoms with Gasteiger partial charge in [-0.2, -0.15) is 0 Å². The first-order valence-corrected chi connectivity index (χ1v) is 10.6. The van der Waals surface area contributed by atoms with Gasteiger partial charge in [0, 0.05) is 39.4 Å². The first-order chi connectivity index (χ1) is 14.3. The monoisotopic (exact) mass is 433 g/mol. The summed E-state index contributed by atoms with van der Waals surface area (Å²) in [5.74, 6) is 0.382. The fourth-order valence-corrected chi connectivity index (χ4v) is 4.90. The van der Waals surface area contributed by atoms with E-state index in [9.17, 15) is 19.2 Å². The van der Waals surface area contributed by atoms with Crippen molar-refractivity contribution in [2.45, 2.75) is 30.1 Å². The number of thioether (sulfide) groups is 1. The molecule has 160 valence electrons. The van der Waals surface area contributed by atoms with Crippen molar-refractivity contribution in [2.75, 3.05) is 33.8 Å². The number of hydrogen-bond acceptors (Lipinski definition) is 7. The summed E-state index contributed by atoms with van der Waals surface area (Å²) in [6.07, 6.45) is 1.11. The highest BCUT2D eigenvalue weighted by atomic mass is 32.2. The molecule has 30 heavy (non-hydrogen) atoms. The van der Waals surface area contributed by atoms with Gasteiger partial charge in [-0.05, 0) is 18.2 Å². The van der Waals surface area contributed by atoms with Gasteiger partial charge in [0.1, 0.15) is 22.4 Å². The Morgan fingerprint density at radius 3 is 2.67 bits per heavy atom. The van der Waals surface area contributed by atoms with Crippen molar-refractivity contribution in [1.82, 2.24) is 15.1 Å². The van der Waals surface area contributed by atoms with Crippen molar-refractivity contribution in [1.29, 1.82) is 0 Å². The molecule has 1 aromatic carbocycles. The lowest BCUT2D eigenvalue weighted by molar-refractivity contribution is -0.137. The molecule has 4 rings (SSSR count). The molecule has 2 fully saturated rings. The Morgan fingerprint density at radius 2 is 2.03 bits per heavy atom. The van der Waals surface area contributed by atoms with Crippen LogP contribution in [0.5, 0.6) is 11.5 Å². The molecule has 3 heterocycles. The van der Waals surface area contributed by atoms with E-state index in [1.807, 2.05) is 0 Å². The number of methoxy groups -OCH3 is 1. The average molecular weight is 433 g/mol. The number of rotatable bonds is 3. The minimum atomic E-state index is -0.652. The summed E-state index contributed by atoms with van der Waals surface area (Å²) in [4.78, 5) is 51.6. The second-order valence-corrected chi connectivity index (χ2v) is 8.84. The van der Waals surface area contributed by atoms with Crippen LogP contribution in [-0.4, -0.2) is 77.4 Å². The molecule has 2 saturated heterocycles. The van der Waals surface area contributed by atoms with E-state index in [4.69, 9.17) is 9.47 Å². The minimum absolute atomic E-state index is 0.00675. The molecule has 1 atom stereocenters. The van der Waals surface area contributed by atoms with Crippen LogP contribution >= 0.6 is 11.8 Å². The molecule has 0 aliphatic carbocycles. The lowest BCUT2D eigenvalue weighted by Crippen LogP contribution is -2.54. The molecule has 3 aliphatic rings. The van der Waals surface area contributed by atoms with Crippen LogP contribution in [-0.2, 0) is 9.59 Å². The highest BCUT2D eigenvalue weighted by Gasteiger charge is 2.43. The van der Waals surface area contributed by atoms with Gasteiger partial charge in [0.15, 0.2) is 0 Å². The predicted molar refractivity (Wildman–Crippen MR) is 109 cm³/mol. The molecule has 1 aromatic rings. The molecule has 1 N–H and O–H groups in total. The highest BCUT2D eigenvalue weighted by Crippen LogP contribution is 2.35. The molecule has 9 nitrogen and oxygen atoms in total. The topological polar surface area (TPSA) is 105 Å². The third-order valence-electron chi connectivity index (χ3n) is 5.84. The van der Waals surface area contributed by atoms with E-state index < -0.39 is 10.9 Å². The molecule has 0 unspecified atom stereocenters. The van der Waals surface area contributed by atoms with Crippen molar-refractivity contribution in [3.8, 4) is 11.5 Å². The molecule has 0 radical (unpaired) electrons. The Labute approximate surface area is 178 Å². The van der Waals surface area contributed by atoms with Gasteiger partial charge in [-0.15, -0.1) is 0 Å². The number of nitrogens with zero attached hydrogens (tertiary/aromatic N) is 2. The zero-order valence-electron chi connectivity index (χ0n) is 16.8. The summed E-state index contributed by atoms with van der Waals surface area (Å²) >= 11 is 0.901. The lowest BCUT2D eigenvalue weighted by Gasteiger charge is -2.41. The first kappa shape index (κ1) is 20.5. The van der Waals surface area contributed by atoms with Gasteiger partial charge in [-0.1, -0.05) is 11.8 Å². The normalized spacial score (nSPS) is 23.0. The number of hydrogen-bond donors (Lipinski definition) is 1. The van der Waals surface area contributed by atoms with Crippen LogP contribution in [0.15, 0.2) is 18.2 Å². The Morgan fingerprint density at radius 1 is 1.30 bits per heavy atom. The maximum atomic E-state index is 12.7. The van der Waals surface area contributed by atoms with Crippen LogP contribution in [0.1, 0.15) is 29.6 Å². The predicted octanol–water partition coefficient (Wildman–Crippen LogP) is 1.26. The van der Waals surface area contributed by atoms with Crippen LogP contribution in [0.2, 0.25) is 0 Å². The molecule has 0 bridgehead atoms. The van der Waals surface area contributed by atoms with E-state index in [0.29, 0.717) is 49.5 Å². The van der Waals surface area contributed by atoms with Crippen LogP contribution in [0, 0.1) is 0 Å². The fraction of sp³-hybridized carbons (Fsp3) is 0.500. The van der Waals surface area contributed by atoms with Gasteiger partial charge < -0.3 is 19.7 Å². The second kappa shape index (κ2) is 7.82. The van der Waals surface area contributed by atoms with E-state index in [0.717, 1.165) is 16.7 Å². The fourth-order valence-electron chi connectivity index (χ4n) is 3.92. The summed E-state index contributed by atoms with van der Waals surface area (Å²) in [7, 11) is 2.97. The van der Waals surface area contributed by atoms with E-state index in [-0.39, 0.29) is 29.4 Å². The van der Waals surface area contributed by atoms with E-state index in [2.05, 4.69) is 5.32 Å². The second-order valence-electron chi connectivity index (χ2n) is 7.68. The smallest absolute Gasteiger partial charge is 0.288 e. The number of piperidine rings is 1. The average Bonchev–Trinajstić information content (AvgIpc) is 2.91. The maximum absolute atomic E-state index is 12.7.